The Bertz CT molecular complexity index is 528. The van der Waals surface area contributed by atoms with Gasteiger partial charge in [0.2, 0.25) is 0 Å². The highest BCUT2D eigenvalue weighted by Gasteiger charge is 2.37. The summed E-state index contributed by atoms with van der Waals surface area (Å²) in [7, 11) is 0. The third-order valence-electron chi connectivity index (χ3n) is 3.14. The van der Waals surface area contributed by atoms with Gasteiger partial charge in [-0.25, -0.2) is 0 Å². The third kappa shape index (κ3) is 2.17. The molecule has 0 amide bonds. The Morgan fingerprint density at radius 3 is 2.72 bits per heavy atom. The van der Waals surface area contributed by atoms with E-state index in [2.05, 4.69) is 25.0 Å². The van der Waals surface area contributed by atoms with Gasteiger partial charge in [0.15, 0.2) is 6.04 Å². The molecule has 1 heterocycles. The van der Waals surface area contributed by atoms with Gasteiger partial charge in [-0.2, -0.15) is 10.4 Å². The first kappa shape index (κ1) is 12.4. The summed E-state index contributed by atoms with van der Waals surface area (Å²) in [5, 5.41) is 25.2. The summed E-state index contributed by atoms with van der Waals surface area (Å²) in [5.74, 6) is 0.172. The van der Waals surface area contributed by atoms with E-state index in [4.69, 9.17) is 0 Å². The molecule has 0 bridgehead atoms. The van der Waals surface area contributed by atoms with Gasteiger partial charge in [-0.3, -0.25) is 5.01 Å². The van der Waals surface area contributed by atoms with Crippen LogP contribution in [0, 0.1) is 11.3 Å². The molecule has 0 radical (unpaired) electrons. The van der Waals surface area contributed by atoms with Gasteiger partial charge in [0, 0.05) is 12.1 Å². The van der Waals surface area contributed by atoms with E-state index < -0.39 is 6.04 Å². The number of benzene rings is 1. The fourth-order valence-electron chi connectivity index (χ4n) is 2.43. The summed E-state index contributed by atoms with van der Waals surface area (Å²) in [5.41, 5.74) is 1.63. The van der Waals surface area contributed by atoms with Gasteiger partial charge >= 0.3 is 0 Å². The smallest absolute Gasteiger partial charge is 0.159 e. The van der Waals surface area contributed by atoms with Crippen molar-refractivity contribution in [3.63, 3.8) is 0 Å². The van der Waals surface area contributed by atoms with Crippen molar-refractivity contribution in [3.8, 4) is 11.8 Å². The lowest BCUT2D eigenvalue weighted by Gasteiger charge is -2.34. The number of rotatable bonds is 2. The molecule has 1 aliphatic heterocycles. The van der Waals surface area contributed by atoms with Crippen LogP contribution >= 0.6 is 0 Å². The van der Waals surface area contributed by atoms with Crippen LogP contribution in [0.5, 0.6) is 5.75 Å². The molecule has 0 aliphatic carbocycles. The van der Waals surface area contributed by atoms with Crippen LogP contribution in [0.2, 0.25) is 0 Å². The maximum Gasteiger partial charge on any atom is 0.159 e. The molecule has 1 atom stereocenters. The van der Waals surface area contributed by atoms with Crippen LogP contribution in [0.1, 0.15) is 38.8 Å². The molecule has 0 saturated carbocycles. The zero-order valence-corrected chi connectivity index (χ0v) is 10.9. The molecular weight excluding hydrogens is 226 g/mol. The standard InChI is InChI=1S/C14H17N3O/c1-10-8-14(2,3)17(16-10)13(9-15)11-5-4-6-12(18)7-11/h4-7,13,18H,8H2,1-3H3/t13-/m1/s1. The van der Waals surface area contributed by atoms with E-state index in [1.54, 1.807) is 18.2 Å². The topological polar surface area (TPSA) is 59.6 Å². The highest BCUT2D eigenvalue weighted by Crippen LogP contribution is 2.35. The highest BCUT2D eigenvalue weighted by molar-refractivity contribution is 5.84. The van der Waals surface area contributed by atoms with E-state index in [0.717, 1.165) is 17.7 Å². The second-order valence-electron chi connectivity index (χ2n) is 5.30. The number of nitriles is 1. The molecule has 4 nitrogen and oxygen atoms in total. The summed E-state index contributed by atoms with van der Waals surface area (Å²) in [4.78, 5) is 0. The quantitative estimate of drug-likeness (QED) is 0.868. The lowest BCUT2D eigenvalue weighted by Crippen LogP contribution is -2.38. The van der Waals surface area contributed by atoms with Crippen LogP contribution in [-0.4, -0.2) is 21.4 Å². The Morgan fingerprint density at radius 1 is 1.50 bits per heavy atom. The average Bonchev–Trinajstić information content (AvgIpc) is 2.53. The molecule has 2 rings (SSSR count). The van der Waals surface area contributed by atoms with Gasteiger partial charge < -0.3 is 5.11 Å². The zero-order chi connectivity index (χ0) is 13.3. The SMILES string of the molecule is CC1=NN([C@H](C#N)c2cccc(O)c2)C(C)(C)C1. The lowest BCUT2D eigenvalue weighted by molar-refractivity contribution is 0.122. The fraction of sp³-hybridized carbons (Fsp3) is 0.429. The minimum atomic E-state index is -0.468. The van der Waals surface area contributed by atoms with Gasteiger partial charge in [-0.1, -0.05) is 12.1 Å². The predicted octanol–water partition coefficient (Wildman–Crippen LogP) is 2.82. The number of phenolic OH excluding ortho intramolecular Hbond substituents is 1. The second-order valence-corrected chi connectivity index (χ2v) is 5.30. The van der Waals surface area contributed by atoms with Crippen LogP contribution in [0.15, 0.2) is 29.4 Å². The van der Waals surface area contributed by atoms with Crippen LogP contribution in [-0.2, 0) is 0 Å². The van der Waals surface area contributed by atoms with Crippen molar-refractivity contribution in [2.45, 2.75) is 38.8 Å². The van der Waals surface area contributed by atoms with Crippen molar-refractivity contribution in [1.82, 2.24) is 5.01 Å². The van der Waals surface area contributed by atoms with E-state index >= 15 is 0 Å². The van der Waals surface area contributed by atoms with E-state index in [0.29, 0.717) is 0 Å². The molecule has 0 unspecified atom stereocenters. The Balaban J connectivity index is 2.39. The largest absolute Gasteiger partial charge is 0.508 e. The van der Waals surface area contributed by atoms with Gasteiger partial charge in [-0.15, -0.1) is 0 Å². The maximum atomic E-state index is 9.52. The number of phenols is 1. The van der Waals surface area contributed by atoms with Crippen molar-refractivity contribution in [2.75, 3.05) is 0 Å². The van der Waals surface area contributed by atoms with E-state index in [1.165, 1.54) is 0 Å². The van der Waals surface area contributed by atoms with Crippen LogP contribution in [0.25, 0.3) is 0 Å². The number of aromatic hydroxyl groups is 1. The molecule has 0 saturated heterocycles. The van der Waals surface area contributed by atoms with Gasteiger partial charge in [-0.05, 0) is 38.5 Å². The number of hydrogen-bond acceptors (Lipinski definition) is 4. The molecule has 1 N–H and O–H groups in total. The average molecular weight is 243 g/mol. The Labute approximate surface area is 107 Å². The molecule has 0 aromatic heterocycles. The molecule has 94 valence electrons. The van der Waals surface area contributed by atoms with Crippen molar-refractivity contribution < 1.29 is 5.11 Å². The summed E-state index contributed by atoms with van der Waals surface area (Å²) >= 11 is 0. The third-order valence-corrected chi connectivity index (χ3v) is 3.14. The van der Waals surface area contributed by atoms with Crippen molar-refractivity contribution >= 4 is 5.71 Å². The Morgan fingerprint density at radius 2 is 2.22 bits per heavy atom. The lowest BCUT2D eigenvalue weighted by atomic mass is 9.96. The molecule has 0 spiro atoms. The zero-order valence-electron chi connectivity index (χ0n) is 10.9. The Hall–Kier alpha value is -2.02. The number of nitrogens with zero attached hydrogens (tertiary/aromatic N) is 3. The Kier molecular flexibility index (Phi) is 3.00. The summed E-state index contributed by atoms with van der Waals surface area (Å²) in [6.07, 6.45) is 0.851. The van der Waals surface area contributed by atoms with Crippen LogP contribution in [0.4, 0.5) is 0 Å². The summed E-state index contributed by atoms with van der Waals surface area (Å²) in [6, 6.07) is 8.61. The minimum absolute atomic E-state index is 0.171. The molecular formula is C14H17N3O. The van der Waals surface area contributed by atoms with Crippen molar-refractivity contribution in [1.29, 1.82) is 5.26 Å². The molecule has 1 aromatic rings. The van der Waals surface area contributed by atoms with Gasteiger partial charge in [0.05, 0.1) is 11.6 Å². The van der Waals surface area contributed by atoms with Gasteiger partial charge in [0.1, 0.15) is 5.75 Å². The molecule has 4 heteroatoms. The predicted molar refractivity (Wildman–Crippen MR) is 70.1 cm³/mol. The monoisotopic (exact) mass is 243 g/mol. The molecule has 0 fully saturated rings. The van der Waals surface area contributed by atoms with Crippen molar-refractivity contribution in [2.24, 2.45) is 5.10 Å². The summed E-state index contributed by atoms with van der Waals surface area (Å²) < 4.78 is 0. The van der Waals surface area contributed by atoms with Gasteiger partial charge in [0.25, 0.3) is 0 Å². The first-order valence-corrected chi connectivity index (χ1v) is 5.96. The first-order chi connectivity index (χ1) is 8.44. The van der Waals surface area contributed by atoms with Crippen molar-refractivity contribution in [3.05, 3.63) is 29.8 Å². The number of hydrogen-bond donors (Lipinski definition) is 1. The highest BCUT2D eigenvalue weighted by atomic mass is 16.3. The minimum Gasteiger partial charge on any atom is -0.508 e. The maximum absolute atomic E-state index is 9.52. The van der Waals surface area contributed by atoms with E-state index in [1.807, 2.05) is 18.0 Å². The fourth-order valence-corrected chi connectivity index (χ4v) is 2.43. The molecule has 1 aliphatic rings. The van der Waals surface area contributed by atoms with Crippen LogP contribution in [0.3, 0.4) is 0 Å². The molecule has 1 aromatic carbocycles. The van der Waals surface area contributed by atoms with E-state index in [-0.39, 0.29) is 11.3 Å². The second kappa shape index (κ2) is 4.34. The van der Waals surface area contributed by atoms with E-state index in [9.17, 15) is 10.4 Å². The normalized spacial score (nSPS) is 19.2. The number of hydrazone groups is 1. The first-order valence-electron chi connectivity index (χ1n) is 5.96. The summed E-state index contributed by atoms with van der Waals surface area (Å²) in [6.45, 7) is 6.11. The molecule has 18 heavy (non-hydrogen) atoms. The van der Waals surface area contributed by atoms with Crippen LogP contribution < -0.4 is 0 Å².